The number of carbonyl (C=O) groups excluding carboxylic acids is 1. The van der Waals surface area contributed by atoms with Crippen LogP contribution in [0.15, 0.2) is 65.8 Å². The summed E-state index contributed by atoms with van der Waals surface area (Å²) in [5.41, 5.74) is 5.89. The zero-order chi connectivity index (χ0) is 20.5. The van der Waals surface area contributed by atoms with Crippen molar-refractivity contribution in [1.29, 1.82) is 0 Å². The molecule has 6 heteroatoms. The Morgan fingerprint density at radius 3 is 2.93 bits per heavy atom. The van der Waals surface area contributed by atoms with Crippen LogP contribution in [-0.4, -0.2) is 15.9 Å². The number of nitrogens with one attached hydrogen (secondary N) is 2. The van der Waals surface area contributed by atoms with E-state index in [4.69, 9.17) is 0 Å². The molecule has 1 aliphatic carbocycles. The molecule has 0 saturated heterocycles. The van der Waals surface area contributed by atoms with Crippen LogP contribution in [0.1, 0.15) is 33.5 Å². The second-order valence-corrected chi connectivity index (χ2v) is 8.46. The summed E-state index contributed by atoms with van der Waals surface area (Å²) in [7, 11) is 0. The van der Waals surface area contributed by atoms with Crippen LogP contribution in [-0.2, 0) is 18.6 Å². The number of hydrogen-bond donors (Lipinski definition) is 2. The van der Waals surface area contributed by atoms with Gasteiger partial charge in [0.15, 0.2) is 0 Å². The Kier molecular flexibility index (Phi) is 5.01. The number of benzene rings is 2. The number of anilines is 1. The Morgan fingerprint density at radius 2 is 2.03 bits per heavy atom. The van der Waals surface area contributed by atoms with Gasteiger partial charge in [0.1, 0.15) is 0 Å². The van der Waals surface area contributed by atoms with Gasteiger partial charge in [-0.25, -0.2) is 4.98 Å². The molecule has 0 spiro atoms. The number of amides is 1. The third-order valence-corrected chi connectivity index (χ3v) is 6.58. The molecule has 0 radical (unpaired) electrons. The number of H-pyrrole nitrogens is 1. The fraction of sp³-hybridized carbons (Fsp3) is 0.167. The van der Waals surface area contributed by atoms with Gasteiger partial charge < -0.3 is 10.3 Å². The van der Waals surface area contributed by atoms with Crippen LogP contribution in [0.5, 0.6) is 0 Å². The van der Waals surface area contributed by atoms with E-state index in [9.17, 15) is 9.18 Å². The highest BCUT2D eigenvalue weighted by molar-refractivity contribution is 7.98. The van der Waals surface area contributed by atoms with Crippen LogP contribution < -0.4 is 5.32 Å². The lowest BCUT2D eigenvalue weighted by Crippen LogP contribution is -2.11. The fourth-order valence-corrected chi connectivity index (χ4v) is 5.03. The summed E-state index contributed by atoms with van der Waals surface area (Å²) in [6, 6.07) is 15.3. The first-order valence-electron chi connectivity index (χ1n) is 9.94. The van der Waals surface area contributed by atoms with Crippen LogP contribution in [0.4, 0.5) is 10.1 Å². The monoisotopic (exact) mass is 417 g/mol. The predicted octanol–water partition coefficient (Wildman–Crippen LogP) is 5.74. The standard InChI is InChI=1S/C24H20FN3OS/c25-22-11-15(9-10-26-22)14-30-21-6-2-5-20-23(21)19(13-27-20)24(29)28-18-8-7-16-3-1-4-17(16)12-18/h2,5-13,27H,1,3-4,14H2,(H,28,29). The highest BCUT2D eigenvalue weighted by Crippen LogP contribution is 2.33. The minimum atomic E-state index is -0.484. The lowest BCUT2D eigenvalue weighted by Gasteiger charge is -2.09. The quantitative estimate of drug-likeness (QED) is 0.322. The van der Waals surface area contributed by atoms with E-state index >= 15 is 0 Å². The van der Waals surface area contributed by atoms with Gasteiger partial charge in [-0.3, -0.25) is 4.79 Å². The summed E-state index contributed by atoms with van der Waals surface area (Å²) in [5.74, 6) is -0.0279. The smallest absolute Gasteiger partial charge is 0.257 e. The number of aromatic nitrogens is 2. The molecule has 30 heavy (non-hydrogen) atoms. The summed E-state index contributed by atoms with van der Waals surface area (Å²) >= 11 is 1.58. The normalized spacial score (nSPS) is 12.8. The van der Waals surface area contributed by atoms with Crippen molar-refractivity contribution >= 4 is 34.3 Å². The van der Waals surface area contributed by atoms with Crippen LogP contribution in [0.3, 0.4) is 0 Å². The van der Waals surface area contributed by atoms with E-state index in [2.05, 4.69) is 27.4 Å². The van der Waals surface area contributed by atoms with Gasteiger partial charge in [-0.05, 0) is 72.4 Å². The first kappa shape index (κ1) is 18.9. The highest BCUT2D eigenvalue weighted by Gasteiger charge is 2.17. The van der Waals surface area contributed by atoms with Crippen molar-refractivity contribution in [2.75, 3.05) is 5.32 Å². The van der Waals surface area contributed by atoms with E-state index in [-0.39, 0.29) is 5.91 Å². The molecule has 5 rings (SSSR count). The summed E-state index contributed by atoms with van der Waals surface area (Å²) < 4.78 is 13.4. The first-order chi connectivity index (χ1) is 14.7. The van der Waals surface area contributed by atoms with Gasteiger partial charge in [0.2, 0.25) is 5.95 Å². The molecule has 1 amide bonds. The minimum Gasteiger partial charge on any atom is -0.360 e. The Morgan fingerprint density at radius 1 is 1.13 bits per heavy atom. The molecule has 2 heterocycles. The topological polar surface area (TPSA) is 57.8 Å². The van der Waals surface area contributed by atoms with Crippen molar-refractivity contribution in [2.45, 2.75) is 29.9 Å². The summed E-state index contributed by atoms with van der Waals surface area (Å²) in [6.45, 7) is 0. The number of aryl methyl sites for hydroxylation is 2. The van der Waals surface area contributed by atoms with E-state index in [1.54, 1.807) is 24.0 Å². The number of halogens is 1. The van der Waals surface area contributed by atoms with Crippen LogP contribution in [0, 0.1) is 5.95 Å². The number of thioether (sulfide) groups is 1. The molecule has 2 aromatic carbocycles. The molecule has 4 aromatic rings. The van der Waals surface area contributed by atoms with Crippen molar-refractivity contribution in [2.24, 2.45) is 0 Å². The van der Waals surface area contributed by atoms with Gasteiger partial charge in [-0.1, -0.05) is 12.1 Å². The van der Waals surface area contributed by atoms with Crippen molar-refractivity contribution < 1.29 is 9.18 Å². The molecule has 1 aliphatic rings. The van der Waals surface area contributed by atoms with Gasteiger partial charge in [0.25, 0.3) is 5.91 Å². The first-order valence-corrected chi connectivity index (χ1v) is 10.9. The molecule has 0 fully saturated rings. The summed E-state index contributed by atoms with van der Waals surface area (Å²) in [5, 5.41) is 3.93. The minimum absolute atomic E-state index is 0.137. The summed E-state index contributed by atoms with van der Waals surface area (Å²) in [4.78, 5) is 20.8. The molecular weight excluding hydrogens is 397 g/mol. The number of carbonyl (C=O) groups is 1. The van der Waals surface area contributed by atoms with E-state index in [0.29, 0.717) is 11.3 Å². The molecule has 0 atom stereocenters. The molecule has 0 unspecified atom stereocenters. The van der Waals surface area contributed by atoms with Gasteiger partial charge in [0, 0.05) is 39.6 Å². The average Bonchev–Trinajstić information content (AvgIpc) is 3.39. The van der Waals surface area contributed by atoms with E-state index < -0.39 is 5.95 Å². The van der Waals surface area contributed by atoms with Gasteiger partial charge in [-0.2, -0.15) is 4.39 Å². The zero-order valence-corrected chi connectivity index (χ0v) is 17.1. The van der Waals surface area contributed by atoms with E-state index in [0.717, 1.165) is 39.9 Å². The molecule has 150 valence electrons. The predicted molar refractivity (Wildman–Crippen MR) is 118 cm³/mol. The van der Waals surface area contributed by atoms with Gasteiger partial charge in [-0.15, -0.1) is 11.8 Å². The Bertz CT molecular complexity index is 1250. The lowest BCUT2D eigenvalue weighted by molar-refractivity contribution is 0.102. The second-order valence-electron chi connectivity index (χ2n) is 7.45. The Labute approximate surface area is 177 Å². The number of aromatic amines is 1. The van der Waals surface area contributed by atoms with Crippen LogP contribution in [0.25, 0.3) is 10.9 Å². The Hall–Kier alpha value is -3.12. The Balaban J connectivity index is 1.41. The number of rotatable bonds is 5. The molecule has 2 N–H and O–H groups in total. The number of pyridine rings is 1. The average molecular weight is 418 g/mol. The summed E-state index contributed by atoms with van der Waals surface area (Å²) in [6.07, 6.45) is 6.59. The highest BCUT2D eigenvalue weighted by atomic mass is 32.2. The maximum Gasteiger partial charge on any atom is 0.257 e. The van der Waals surface area contributed by atoms with Crippen molar-refractivity contribution in [3.8, 4) is 0 Å². The van der Waals surface area contributed by atoms with E-state index in [1.165, 1.54) is 29.8 Å². The van der Waals surface area contributed by atoms with Crippen LogP contribution >= 0.6 is 11.8 Å². The molecule has 2 aromatic heterocycles. The number of hydrogen-bond acceptors (Lipinski definition) is 3. The van der Waals surface area contributed by atoms with Crippen LogP contribution in [0.2, 0.25) is 0 Å². The van der Waals surface area contributed by atoms with Gasteiger partial charge >= 0.3 is 0 Å². The molecular formula is C24H20FN3OS. The number of nitrogens with zero attached hydrogens (tertiary/aromatic N) is 1. The second kappa shape index (κ2) is 7.95. The molecule has 0 aliphatic heterocycles. The van der Waals surface area contributed by atoms with Crippen molar-refractivity contribution in [3.63, 3.8) is 0 Å². The largest absolute Gasteiger partial charge is 0.360 e. The van der Waals surface area contributed by atoms with Crippen molar-refractivity contribution in [3.05, 3.63) is 89.1 Å². The molecule has 0 bridgehead atoms. The van der Waals surface area contributed by atoms with Gasteiger partial charge in [0.05, 0.1) is 5.56 Å². The maximum absolute atomic E-state index is 13.4. The molecule has 4 nitrogen and oxygen atoms in total. The fourth-order valence-electron chi connectivity index (χ4n) is 3.99. The van der Waals surface area contributed by atoms with E-state index in [1.807, 2.05) is 24.3 Å². The molecule has 0 saturated carbocycles. The maximum atomic E-state index is 13.4. The third-order valence-electron chi connectivity index (χ3n) is 5.45. The SMILES string of the molecule is O=C(Nc1ccc2c(c1)CCC2)c1c[nH]c2cccc(SCc3ccnc(F)c3)c12. The zero-order valence-electron chi connectivity index (χ0n) is 16.2. The lowest BCUT2D eigenvalue weighted by atomic mass is 10.1. The third kappa shape index (κ3) is 3.71. The van der Waals surface area contributed by atoms with Crippen molar-refractivity contribution in [1.82, 2.24) is 9.97 Å². The number of fused-ring (bicyclic) bond motifs is 2.